The third-order valence-corrected chi connectivity index (χ3v) is 5.49. The molecule has 1 unspecified atom stereocenters. The average molecular weight is 532 g/mol. The van der Waals surface area contributed by atoms with Gasteiger partial charge in [0.25, 0.3) is 11.8 Å². The molecule has 0 radical (unpaired) electrons. The van der Waals surface area contributed by atoms with Crippen molar-refractivity contribution in [3.05, 3.63) is 81.3 Å². The number of aryl methyl sites for hydroxylation is 2. The maximum Gasteiger partial charge on any atom is 0.265 e. The second-order valence-corrected chi connectivity index (χ2v) is 8.79. The quantitative estimate of drug-likeness (QED) is 0.366. The molecule has 0 saturated heterocycles. The first kappa shape index (κ1) is 24.6. The maximum absolute atomic E-state index is 12.4. The molecule has 0 fully saturated rings. The minimum Gasteiger partial charge on any atom is -0.483 e. The van der Waals surface area contributed by atoms with Gasteiger partial charge in [0.2, 0.25) is 0 Å². The SMILES string of the molecule is Cc1cc(Br)cc(C)c1OCC(=O)Nc1ccc(NC(=O)C(C)Oc2ccccc2Cl)cc1. The molecule has 0 saturated carbocycles. The van der Waals surface area contributed by atoms with Gasteiger partial charge in [0.15, 0.2) is 12.7 Å². The molecule has 172 valence electrons. The zero-order valence-electron chi connectivity index (χ0n) is 18.4. The van der Waals surface area contributed by atoms with Crippen LogP contribution in [0.4, 0.5) is 11.4 Å². The molecule has 6 nitrogen and oxygen atoms in total. The number of anilines is 2. The number of amides is 2. The Bertz CT molecular complexity index is 1130. The smallest absolute Gasteiger partial charge is 0.265 e. The van der Waals surface area contributed by atoms with Crippen LogP contribution in [0.2, 0.25) is 5.02 Å². The highest BCUT2D eigenvalue weighted by Gasteiger charge is 2.16. The van der Waals surface area contributed by atoms with E-state index in [1.807, 2.05) is 26.0 Å². The molecule has 0 spiro atoms. The fourth-order valence-electron chi connectivity index (χ4n) is 3.12. The molecule has 0 heterocycles. The van der Waals surface area contributed by atoms with Crippen LogP contribution in [0.1, 0.15) is 18.1 Å². The van der Waals surface area contributed by atoms with Gasteiger partial charge in [-0.3, -0.25) is 9.59 Å². The second kappa shape index (κ2) is 11.2. The van der Waals surface area contributed by atoms with Crippen LogP contribution in [0.25, 0.3) is 0 Å². The van der Waals surface area contributed by atoms with Gasteiger partial charge < -0.3 is 20.1 Å². The van der Waals surface area contributed by atoms with Crippen molar-refractivity contribution < 1.29 is 19.1 Å². The third-order valence-electron chi connectivity index (χ3n) is 4.72. The minimum atomic E-state index is -0.744. The van der Waals surface area contributed by atoms with E-state index in [-0.39, 0.29) is 18.4 Å². The lowest BCUT2D eigenvalue weighted by Crippen LogP contribution is -2.30. The Morgan fingerprint density at radius 2 is 1.55 bits per heavy atom. The largest absolute Gasteiger partial charge is 0.483 e. The van der Waals surface area contributed by atoms with Crippen molar-refractivity contribution in [1.82, 2.24) is 0 Å². The van der Waals surface area contributed by atoms with Gasteiger partial charge in [-0.2, -0.15) is 0 Å². The molecule has 8 heteroatoms. The topological polar surface area (TPSA) is 76.7 Å². The molecular weight excluding hydrogens is 508 g/mol. The fraction of sp³-hybridized carbons (Fsp3) is 0.200. The van der Waals surface area contributed by atoms with Crippen molar-refractivity contribution in [3.63, 3.8) is 0 Å². The molecule has 3 aromatic carbocycles. The van der Waals surface area contributed by atoms with Crippen LogP contribution in [0.15, 0.2) is 65.1 Å². The summed E-state index contributed by atoms with van der Waals surface area (Å²) in [5.74, 6) is 0.533. The van der Waals surface area contributed by atoms with Crippen LogP contribution in [0, 0.1) is 13.8 Å². The minimum absolute atomic E-state index is 0.112. The van der Waals surface area contributed by atoms with E-state index in [2.05, 4.69) is 26.6 Å². The highest BCUT2D eigenvalue weighted by molar-refractivity contribution is 9.10. The van der Waals surface area contributed by atoms with Crippen molar-refractivity contribution >= 4 is 50.7 Å². The van der Waals surface area contributed by atoms with Crippen LogP contribution in [0.3, 0.4) is 0 Å². The number of ether oxygens (including phenoxy) is 2. The van der Waals surface area contributed by atoms with Gasteiger partial charge in [-0.1, -0.05) is 39.7 Å². The molecule has 2 N–H and O–H groups in total. The monoisotopic (exact) mass is 530 g/mol. The van der Waals surface area contributed by atoms with E-state index < -0.39 is 6.10 Å². The Labute approximate surface area is 206 Å². The Hall–Kier alpha value is -3.03. The van der Waals surface area contributed by atoms with Crippen LogP contribution >= 0.6 is 27.5 Å². The van der Waals surface area contributed by atoms with Crippen molar-refractivity contribution in [3.8, 4) is 11.5 Å². The number of carbonyl (C=O) groups excluding carboxylic acids is 2. The van der Waals surface area contributed by atoms with E-state index in [1.165, 1.54) is 0 Å². The number of nitrogens with one attached hydrogen (secondary N) is 2. The van der Waals surface area contributed by atoms with Gasteiger partial charge in [-0.05, 0) is 80.4 Å². The van der Waals surface area contributed by atoms with Crippen LogP contribution in [-0.4, -0.2) is 24.5 Å². The fourth-order valence-corrected chi connectivity index (χ4v) is 3.99. The van der Waals surface area contributed by atoms with Crippen LogP contribution < -0.4 is 20.1 Å². The zero-order chi connectivity index (χ0) is 24.0. The molecule has 0 aliphatic rings. The zero-order valence-corrected chi connectivity index (χ0v) is 20.8. The summed E-state index contributed by atoms with van der Waals surface area (Å²) in [4.78, 5) is 24.7. The van der Waals surface area contributed by atoms with E-state index >= 15 is 0 Å². The van der Waals surface area contributed by atoms with Crippen molar-refractivity contribution in [1.29, 1.82) is 0 Å². The summed E-state index contributed by atoms with van der Waals surface area (Å²) in [6.45, 7) is 5.39. The predicted octanol–water partition coefficient (Wildman–Crippen LogP) is 6.14. The van der Waals surface area contributed by atoms with Crippen LogP contribution in [0.5, 0.6) is 11.5 Å². The van der Waals surface area contributed by atoms with Crippen LogP contribution in [-0.2, 0) is 9.59 Å². The Kier molecular flexibility index (Phi) is 8.36. The lowest BCUT2D eigenvalue weighted by Gasteiger charge is -2.16. The Morgan fingerprint density at radius 1 is 0.970 bits per heavy atom. The number of rotatable bonds is 8. The Balaban J connectivity index is 1.51. The number of benzene rings is 3. The molecule has 0 aliphatic heterocycles. The van der Waals surface area contributed by atoms with E-state index in [4.69, 9.17) is 21.1 Å². The lowest BCUT2D eigenvalue weighted by molar-refractivity contribution is -0.122. The van der Waals surface area contributed by atoms with E-state index in [1.54, 1.807) is 55.5 Å². The van der Waals surface area contributed by atoms with Gasteiger partial charge >= 0.3 is 0 Å². The Morgan fingerprint density at radius 3 is 2.15 bits per heavy atom. The lowest BCUT2D eigenvalue weighted by atomic mass is 10.1. The first-order valence-corrected chi connectivity index (χ1v) is 11.4. The van der Waals surface area contributed by atoms with Gasteiger partial charge in [-0.25, -0.2) is 0 Å². The molecule has 2 amide bonds. The number of halogens is 2. The molecule has 3 aromatic rings. The molecular formula is C25H24BrClN2O4. The average Bonchev–Trinajstić information content (AvgIpc) is 2.76. The summed E-state index contributed by atoms with van der Waals surface area (Å²) in [6.07, 6.45) is -0.744. The summed E-state index contributed by atoms with van der Waals surface area (Å²) in [6, 6.07) is 17.6. The molecule has 1 atom stereocenters. The van der Waals surface area contributed by atoms with Gasteiger partial charge in [-0.15, -0.1) is 0 Å². The third kappa shape index (κ3) is 6.97. The van der Waals surface area contributed by atoms with E-state index in [9.17, 15) is 9.59 Å². The predicted molar refractivity (Wildman–Crippen MR) is 134 cm³/mol. The first-order valence-electron chi connectivity index (χ1n) is 10.2. The first-order chi connectivity index (χ1) is 15.7. The highest BCUT2D eigenvalue weighted by Crippen LogP contribution is 2.27. The van der Waals surface area contributed by atoms with Gasteiger partial charge in [0, 0.05) is 15.8 Å². The molecule has 0 bridgehead atoms. The number of carbonyl (C=O) groups is 2. The summed E-state index contributed by atoms with van der Waals surface area (Å²) >= 11 is 9.51. The standard InChI is InChI=1S/C25H24BrClN2O4/c1-15-12-18(26)13-16(2)24(15)32-14-23(30)28-19-8-10-20(11-9-19)29-25(31)17(3)33-22-7-5-4-6-21(22)27/h4-13,17H,14H2,1-3H3,(H,28,30)(H,29,31). The summed E-state index contributed by atoms with van der Waals surface area (Å²) < 4.78 is 12.3. The maximum atomic E-state index is 12.4. The van der Waals surface area contributed by atoms with Crippen molar-refractivity contribution in [2.24, 2.45) is 0 Å². The number of hydrogen-bond acceptors (Lipinski definition) is 4. The second-order valence-electron chi connectivity index (χ2n) is 7.46. The molecule has 0 aliphatic carbocycles. The summed E-state index contributed by atoms with van der Waals surface area (Å²) in [5.41, 5.74) is 3.06. The van der Waals surface area contributed by atoms with E-state index in [0.717, 1.165) is 15.6 Å². The highest BCUT2D eigenvalue weighted by atomic mass is 79.9. The number of hydrogen-bond donors (Lipinski definition) is 2. The molecule has 3 rings (SSSR count). The van der Waals surface area contributed by atoms with Crippen molar-refractivity contribution in [2.75, 3.05) is 17.2 Å². The number of para-hydroxylation sites is 1. The molecule has 33 heavy (non-hydrogen) atoms. The summed E-state index contributed by atoms with van der Waals surface area (Å²) in [7, 11) is 0. The van der Waals surface area contributed by atoms with Gasteiger partial charge in [0.05, 0.1) is 5.02 Å². The van der Waals surface area contributed by atoms with E-state index in [0.29, 0.717) is 27.9 Å². The molecule has 0 aromatic heterocycles. The normalized spacial score (nSPS) is 11.4. The summed E-state index contributed by atoms with van der Waals surface area (Å²) in [5, 5.41) is 5.99. The van der Waals surface area contributed by atoms with Crippen molar-refractivity contribution in [2.45, 2.75) is 26.9 Å². The van der Waals surface area contributed by atoms with Gasteiger partial charge in [0.1, 0.15) is 11.5 Å².